The quantitative estimate of drug-likeness (QED) is 0.857. The van der Waals surface area contributed by atoms with E-state index < -0.39 is 11.0 Å². The Balaban J connectivity index is 1.70. The number of aryl methyl sites for hydroxylation is 1. The predicted molar refractivity (Wildman–Crippen MR) is 89.2 cm³/mol. The summed E-state index contributed by atoms with van der Waals surface area (Å²) in [5.74, 6) is 0.190. The molecule has 4 nitrogen and oxygen atoms in total. The van der Waals surface area contributed by atoms with Gasteiger partial charge in [0.1, 0.15) is 6.10 Å². The molecule has 4 heteroatoms. The normalized spacial score (nSPS) is 47.3. The van der Waals surface area contributed by atoms with Crippen LogP contribution in [0.1, 0.15) is 58.4 Å². The summed E-state index contributed by atoms with van der Waals surface area (Å²) < 4.78 is 11.0. The summed E-state index contributed by atoms with van der Waals surface area (Å²) in [6.07, 6.45) is 8.51. The first-order chi connectivity index (χ1) is 11.3. The molecule has 3 aliphatic rings. The van der Waals surface area contributed by atoms with Crippen LogP contribution in [0.4, 0.5) is 0 Å². The molecule has 1 N–H and O–H groups in total. The highest BCUT2D eigenvalue weighted by molar-refractivity contribution is 5.80. The number of hydrogen-bond acceptors (Lipinski definition) is 4. The first kappa shape index (κ1) is 16.2. The van der Waals surface area contributed by atoms with Crippen LogP contribution in [0.2, 0.25) is 0 Å². The molecule has 0 spiro atoms. The van der Waals surface area contributed by atoms with Crippen molar-refractivity contribution in [1.29, 1.82) is 0 Å². The van der Waals surface area contributed by atoms with Crippen LogP contribution in [0.3, 0.4) is 0 Å². The Morgan fingerprint density at radius 2 is 2.12 bits per heavy atom. The van der Waals surface area contributed by atoms with E-state index in [2.05, 4.69) is 20.8 Å². The lowest BCUT2D eigenvalue weighted by atomic mass is 9.44. The number of esters is 1. The Kier molecular flexibility index (Phi) is 3.44. The number of carbonyl (C=O) groups excluding carboxylic acids is 1. The molecule has 1 aliphatic heterocycles. The Bertz CT molecular complexity index is 638. The molecular formula is C20H28O4. The molecule has 1 saturated heterocycles. The summed E-state index contributed by atoms with van der Waals surface area (Å²) in [7, 11) is 0. The number of furan rings is 1. The Hall–Kier alpha value is -1.29. The maximum absolute atomic E-state index is 12.6. The predicted octanol–water partition coefficient (Wildman–Crippen LogP) is 3.72. The maximum Gasteiger partial charge on any atom is 0.312 e. The standard InChI is InChI=1S/C20H28O4/c1-13-11-15-16-18(2,17(21)24-15)7-4-8-19(16,3)20(13,22)9-5-14-6-10-23-12-14/h6,10,12-13,15-16,22H,4-5,7-9,11H2,1-3H3/t13-,15+,16+,18+,19-,20-/m0/s1. The SMILES string of the molecule is C[C@H]1C[C@H]2OC(=O)[C@]3(C)CCC[C@@](C)([C@H]23)[C@]1(O)CCc1ccoc1. The summed E-state index contributed by atoms with van der Waals surface area (Å²) in [6, 6.07) is 1.97. The second-order valence-electron chi connectivity index (χ2n) is 8.80. The van der Waals surface area contributed by atoms with Crippen molar-refractivity contribution in [2.45, 2.75) is 71.0 Å². The van der Waals surface area contributed by atoms with Crippen LogP contribution in [0, 0.1) is 22.7 Å². The molecule has 132 valence electrons. The van der Waals surface area contributed by atoms with Gasteiger partial charge in [0, 0.05) is 11.3 Å². The topological polar surface area (TPSA) is 59.7 Å². The van der Waals surface area contributed by atoms with Gasteiger partial charge in [-0.05, 0) is 56.6 Å². The zero-order valence-electron chi connectivity index (χ0n) is 14.9. The van der Waals surface area contributed by atoms with Crippen molar-refractivity contribution >= 4 is 5.97 Å². The van der Waals surface area contributed by atoms with E-state index in [-0.39, 0.29) is 29.3 Å². The fraction of sp³-hybridized carbons (Fsp3) is 0.750. The van der Waals surface area contributed by atoms with Crippen molar-refractivity contribution in [3.63, 3.8) is 0 Å². The highest BCUT2D eigenvalue weighted by Crippen LogP contribution is 2.67. The third kappa shape index (κ3) is 1.92. The van der Waals surface area contributed by atoms with E-state index in [1.165, 1.54) is 0 Å². The van der Waals surface area contributed by atoms with E-state index in [1.54, 1.807) is 12.5 Å². The molecule has 1 aromatic heterocycles. The lowest BCUT2D eigenvalue weighted by molar-refractivity contribution is -0.217. The monoisotopic (exact) mass is 332 g/mol. The van der Waals surface area contributed by atoms with E-state index in [4.69, 9.17) is 9.15 Å². The lowest BCUT2D eigenvalue weighted by Gasteiger charge is -2.61. The van der Waals surface area contributed by atoms with Crippen LogP contribution in [-0.4, -0.2) is 22.8 Å². The fourth-order valence-corrected chi connectivity index (χ4v) is 6.30. The molecule has 3 fully saturated rings. The maximum atomic E-state index is 12.6. The third-order valence-electron chi connectivity index (χ3n) is 7.63. The van der Waals surface area contributed by atoms with Gasteiger partial charge in [0.2, 0.25) is 0 Å². The van der Waals surface area contributed by atoms with Crippen LogP contribution < -0.4 is 0 Å². The van der Waals surface area contributed by atoms with E-state index in [0.717, 1.165) is 37.7 Å². The van der Waals surface area contributed by atoms with Crippen molar-refractivity contribution in [2.24, 2.45) is 22.7 Å². The molecule has 0 aromatic carbocycles. The molecule has 2 heterocycles. The Morgan fingerprint density at radius 3 is 2.83 bits per heavy atom. The molecule has 2 aliphatic carbocycles. The van der Waals surface area contributed by atoms with Crippen molar-refractivity contribution < 1.29 is 19.1 Å². The van der Waals surface area contributed by atoms with E-state index in [0.29, 0.717) is 6.42 Å². The van der Waals surface area contributed by atoms with Crippen molar-refractivity contribution in [1.82, 2.24) is 0 Å². The summed E-state index contributed by atoms with van der Waals surface area (Å²) in [5, 5.41) is 11.9. The van der Waals surface area contributed by atoms with Gasteiger partial charge in [-0.25, -0.2) is 0 Å². The third-order valence-corrected chi connectivity index (χ3v) is 7.63. The summed E-state index contributed by atoms with van der Waals surface area (Å²) in [6.45, 7) is 6.38. The summed E-state index contributed by atoms with van der Waals surface area (Å²) in [4.78, 5) is 12.6. The van der Waals surface area contributed by atoms with Crippen molar-refractivity contribution in [3.05, 3.63) is 24.2 Å². The van der Waals surface area contributed by atoms with Gasteiger partial charge in [-0.2, -0.15) is 0 Å². The average molecular weight is 332 g/mol. The van der Waals surface area contributed by atoms with Gasteiger partial charge in [-0.1, -0.05) is 20.3 Å². The van der Waals surface area contributed by atoms with Crippen LogP contribution in [0.5, 0.6) is 0 Å². The van der Waals surface area contributed by atoms with Gasteiger partial charge in [0.05, 0.1) is 23.5 Å². The first-order valence-electron chi connectivity index (χ1n) is 9.26. The molecule has 0 amide bonds. The smallest absolute Gasteiger partial charge is 0.312 e. The van der Waals surface area contributed by atoms with Gasteiger partial charge < -0.3 is 14.3 Å². The van der Waals surface area contributed by atoms with Crippen molar-refractivity contribution in [2.75, 3.05) is 0 Å². The van der Waals surface area contributed by atoms with Gasteiger partial charge >= 0.3 is 5.97 Å². The Morgan fingerprint density at radius 1 is 1.33 bits per heavy atom. The van der Waals surface area contributed by atoms with Gasteiger partial charge in [0.25, 0.3) is 0 Å². The molecule has 6 atom stereocenters. The molecule has 1 aromatic rings. The number of aliphatic hydroxyl groups is 1. The first-order valence-corrected chi connectivity index (χ1v) is 9.26. The van der Waals surface area contributed by atoms with Gasteiger partial charge in [-0.15, -0.1) is 0 Å². The van der Waals surface area contributed by atoms with Crippen LogP contribution in [0.25, 0.3) is 0 Å². The van der Waals surface area contributed by atoms with E-state index in [9.17, 15) is 9.90 Å². The zero-order chi connectivity index (χ0) is 17.2. The fourth-order valence-electron chi connectivity index (χ4n) is 6.30. The van der Waals surface area contributed by atoms with Gasteiger partial charge in [-0.3, -0.25) is 4.79 Å². The molecule has 2 saturated carbocycles. The molecule has 4 rings (SSSR count). The van der Waals surface area contributed by atoms with E-state index in [1.807, 2.05) is 6.07 Å². The summed E-state index contributed by atoms with van der Waals surface area (Å²) in [5.41, 5.74) is -0.362. The van der Waals surface area contributed by atoms with Crippen LogP contribution in [-0.2, 0) is 16.0 Å². The minimum absolute atomic E-state index is 0.0306. The van der Waals surface area contributed by atoms with Gasteiger partial charge in [0.15, 0.2) is 0 Å². The second-order valence-corrected chi connectivity index (χ2v) is 8.80. The minimum Gasteiger partial charge on any atom is -0.472 e. The number of hydrogen-bond donors (Lipinski definition) is 1. The lowest BCUT2D eigenvalue weighted by Crippen LogP contribution is -2.65. The molecular weight excluding hydrogens is 304 g/mol. The number of rotatable bonds is 3. The highest BCUT2D eigenvalue weighted by Gasteiger charge is 2.70. The zero-order valence-corrected chi connectivity index (χ0v) is 14.9. The average Bonchev–Trinajstić information content (AvgIpc) is 3.12. The van der Waals surface area contributed by atoms with Crippen LogP contribution in [0.15, 0.2) is 23.0 Å². The molecule has 0 bridgehead atoms. The molecule has 24 heavy (non-hydrogen) atoms. The van der Waals surface area contributed by atoms with Crippen LogP contribution >= 0.6 is 0 Å². The number of ether oxygens (including phenoxy) is 1. The summed E-state index contributed by atoms with van der Waals surface area (Å²) >= 11 is 0. The minimum atomic E-state index is -0.777. The largest absolute Gasteiger partial charge is 0.472 e. The molecule has 0 unspecified atom stereocenters. The highest BCUT2D eigenvalue weighted by atomic mass is 16.6. The number of carbonyl (C=O) groups is 1. The Labute approximate surface area is 143 Å². The van der Waals surface area contributed by atoms with E-state index >= 15 is 0 Å². The molecule has 0 radical (unpaired) electrons. The second kappa shape index (κ2) is 5.10. The van der Waals surface area contributed by atoms with Crippen molar-refractivity contribution in [3.8, 4) is 0 Å².